The van der Waals surface area contributed by atoms with Crippen molar-refractivity contribution in [2.24, 2.45) is 0 Å². The van der Waals surface area contributed by atoms with E-state index in [0.717, 1.165) is 5.56 Å². The SMILES string of the molecule is Cc1c(Cl)cccc1NC(=O)c1cc(Nc2ccccc2F)ncn1. The van der Waals surface area contributed by atoms with Crippen LogP contribution in [0.25, 0.3) is 0 Å². The summed E-state index contributed by atoms with van der Waals surface area (Å²) >= 11 is 6.05. The molecule has 0 unspecified atom stereocenters. The molecule has 7 heteroatoms. The lowest BCUT2D eigenvalue weighted by atomic mass is 10.2. The Morgan fingerprint density at radius 2 is 1.84 bits per heavy atom. The zero-order valence-electron chi connectivity index (χ0n) is 13.3. The predicted octanol–water partition coefficient (Wildman–Crippen LogP) is 4.57. The summed E-state index contributed by atoms with van der Waals surface area (Å²) in [7, 11) is 0. The molecule has 0 saturated carbocycles. The van der Waals surface area contributed by atoms with Crippen LogP contribution in [-0.4, -0.2) is 15.9 Å². The van der Waals surface area contributed by atoms with Crippen LogP contribution in [0.1, 0.15) is 16.1 Å². The van der Waals surface area contributed by atoms with Gasteiger partial charge in [0.2, 0.25) is 0 Å². The highest BCUT2D eigenvalue weighted by molar-refractivity contribution is 6.31. The Hall–Kier alpha value is -2.99. The molecule has 0 aliphatic heterocycles. The van der Waals surface area contributed by atoms with Crippen molar-refractivity contribution in [2.75, 3.05) is 10.6 Å². The smallest absolute Gasteiger partial charge is 0.274 e. The molecule has 126 valence electrons. The zero-order valence-corrected chi connectivity index (χ0v) is 14.0. The van der Waals surface area contributed by atoms with E-state index in [2.05, 4.69) is 20.6 Å². The molecule has 3 aromatic rings. The second kappa shape index (κ2) is 7.27. The van der Waals surface area contributed by atoms with Gasteiger partial charge in [0, 0.05) is 16.8 Å². The second-order valence-corrected chi connectivity index (χ2v) is 5.67. The van der Waals surface area contributed by atoms with Gasteiger partial charge < -0.3 is 10.6 Å². The van der Waals surface area contributed by atoms with E-state index in [1.54, 1.807) is 36.4 Å². The van der Waals surface area contributed by atoms with Crippen LogP contribution in [0, 0.1) is 12.7 Å². The van der Waals surface area contributed by atoms with Gasteiger partial charge in [-0.25, -0.2) is 14.4 Å². The fourth-order valence-electron chi connectivity index (χ4n) is 2.18. The number of para-hydroxylation sites is 1. The number of nitrogens with zero attached hydrogens (tertiary/aromatic N) is 2. The summed E-state index contributed by atoms with van der Waals surface area (Å²) in [5.74, 6) is -0.515. The van der Waals surface area contributed by atoms with Crippen LogP contribution in [-0.2, 0) is 0 Å². The van der Waals surface area contributed by atoms with Crippen molar-refractivity contribution in [3.63, 3.8) is 0 Å². The maximum Gasteiger partial charge on any atom is 0.274 e. The van der Waals surface area contributed by atoms with Crippen molar-refractivity contribution in [1.29, 1.82) is 0 Å². The third-order valence-electron chi connectivity index (χ3n) is 3.55. The molecular formula is C18H14ClFN4O. The number of carbonyl (C=O) groups is 1. The van der Waals surface area contributed by atoms with Crippen LogP contribution in [0.4, 0.5) is 21.6 Å². The highest BCUT2D eigenvalue weighted by atomic mass is 35.5. The molecule has 0 atom stereocenters. The summed E-state index contributed by atoms with van der Waals surface area (Å²) in [5, 5.41) is 6.14. The van der Waals surface area contributed by atoms with Crippen molar-refractivity contribution in [3.8, 4) is 0 Å². The number of halogens is 2. The summed E-state index contributed by atoms with van der Waals surface area (Å²) in [6.45, 7) is 1.81. The highest BCUT2D eigenvalue weighted by Crippen LogP contribution is 2.23. The molecule has 0 aliphatic carbocycles. The Labute approximate surface area is 148 Å². The molecule has 5 nitrogen and oxygen atoms in total. The van der Waals surface area contributed by atoms with Crippen molar-refractivity contribution in [2.45, 2.75) is 6.92 Å². The molecule has 3 rings (SSSR count). The number of carbonyl (C=O) groups excluding carboxylic acids is 1. The van der Waals surface area contributed by atoms with Gasteiger partial charge in [-0.1, -0.05) is 29.8 Å². The van der Waals surface area contributed by atoms with Gasteiger partial charge in [-0.05, 0) is 36.8 Å². The lowest BCUT2D eigenvalue weighted by Gasteiger charge is -2.10. The number of aromatic nitrogens is 2. The summed E-state index contributed by atoms with van der Waals surface area (Å²) in [6, 6.07) is 12.9. The fourth-order valence-corrected chi connectivity index (χ4v) is 2.35. The summed E-state index contributed by atoms with van der Waals surface area (Å²) < 4.78 is 13.7. The first-order chi connectivity index (χ1) is 12.0. The van der Waals surface area contributed by atoms with Gasteiger partial charge in [0.05, 0.1) is 5.69 Å². The first-order valence-electron chi connectivity index (χ1n) is 7.44. The summed E-state index contributed by atoms with van der Waals surface area (Å²) in [6.07, 6.45) is 1.24. The highest BCUT2D eigenvalue weighted by Gasteiger charge is 2.12. The van der Waals surface area contributed by atoms with Gasteiger partial charge in [0.25, 0.3) is 5.91 Å². The van der Waals surface area contributed by atoms with E-state index in [0.29, 0.717) is 16.5 Å². The van der Waals surface area contributed by atoms with Gasteiger partial charge >= 0.3 is 0 Å². The Balaban J connectivity index is 1.80. The molecule has 0 aliphatic rings. The Bertz CT molecular complexity index is 932. The molecule has 25 heavy (non-hydrogen) atoms. The molecule has 1 amide bonds. The van der Waals surface area contributed by atoms with Gasteiger partial charge in [-0.2, -0.15) is 0 Å². The molecular weight excluding hydrogens is 343 g/mol. The third-order valence-corrected chi connectivity index (χ3v) is 3.96. The van der Waals surface area contributed by atoms with Crippen LogP contribution in [0.3, 0.4) is 0 Å². The number of hydrogen-bond donors (Lipinski definition) is 2. The van der Waals surface area contributed by atoms with Crippen molar-refractivity contribution in [3.05, 3.63) is 77.0 Å². The second-order valence-electron chi connectivity index (χ2n) is 5.26. The largest absolute Gasteiger partial charge is 0.338 e. The summed E-state index contributed by atoms with van der Waals surface area (Å²) in [4.78, 5) is 20.4. The molecule has 0 bridgehead atoms. The normalized spacial score (nSPS) is 10.4. The van der Waals surface area contributed by atoms with Gasteiger partial charge in [-0.3, -0.25) is 4.79 Å². The van der Waals surface area contributed by atoms with Crippen molar-refractivity contribution >= 4 is 34.7 Å². The van der Waals surface area contributed by atoms with Crippen molar-refractivity contribution in [1.82, 2.24) is 9.97 Å². The molecule has 2 aromatic carbocycles. The number of rotatable bonds is 4. The Morgan fingerprint density at radius 3 is 2.64 bits per heavy atom. The number of anilines is 3. The minimum atomic E-state index is -0.415. The minimum absolute atomic E-state index is 0.146. The molecule has 0 radical (unpaired) electrons. The molecule has 0 fully saturated rings. The first kappa shape index (κ1) is 16.9. The molecule has 0 saturated heterocycles. The fraction of sp³-hybridized carbons (Fsp3) is 0.0556. The van der Waals surface area contributed by atoms with Gasteiger partial charge in [-0.15, -0.1) is 0 Å². The molecule has 0 spiro atoms. The van der Waals surface area contributed by atoms with E-state index in [9.17, 15) is 9.18 Å². The van der Waals surface area contributed by atoms with Crippen LogP contribution in [0.2, 0.25) is 5.02 Å². The zero-order chi connectivity index (χ0) is 17.8. The van der Waals surface area contributed by atoms with E-state index < -0.39 is 11.7 Å². The average molecular weight is 357 g/mol. The monoisotopic (exact) mass is 356 g/mol. The maximum absolute atomic E-state index is 13.7. The Kier molecular flexibility index (Phi) is 4.90. The lowest BCUT2D eigenvalue weighted by Crippen LogP contribution is -2.15. The van der Waals surface area contributed by atoms with E-state index >= 15 is 0 Å². The maximum atomic E-state index is 13.7. The number of hydrogen-bond acceptors (Lipinski definition) is 4. The van der Waals surface area contributed by atoms with Gasteiger partial charge in [0.15, 0.2) is 0 Å². The van der Waals surface area contributed by atoms with Crippen LogP contribution < -0.4 is 10.6 Å². The Morgan fingerprint density at radius 1 is 1.08 bits per heavy atom. The van der Waals surface area contributed by atoms with E-state index in [4.69, 9.17) is 11.6 Å². The van der Waals surface area contributed by atoms with E-state index in [-0.39, 0.29) is 11.4 Å². The van der Waals surface area contributed by atoms with E-state index in [1.165, 1.54) is 18.5 Å². The quantitative estimate of drug-likeness (QED) is 0.718. The van der Waals surface area contributed by atoms with Crippen molar-refractivity contribution < 1.29 is 9.18 Å². The average Bonchev–Trinajstić information content (AvgIpc) is 2.61. The van der Waals surface area contributed by atoms with Crippen LogP contribution in [0.5, 0.6) is 0 Å². The van der Waals surface area contributed by atoms with Gasteiger partial charge in [0.1, 0.15) is 23.7 Å². The summed E-state index contributed by atoms with van der Waals surface area (Å²) in [5.41, 5.74) is 1.77. The number of amides is 1. The topological polar surface area (TPSA) is 66.9 Å². The number of benzene rings is 2. The predicted molar refractivity (Wildman–Crippen MR) is 95.9 cm³/mol. The molecule has 1 aromatic heterocycles. The lowest BCUT2D eigenvalue weighted by molar-refractivity contribution is 0.102. The minimum Gasteiger partial charge on any atom is -0.338 e. The molecule has 1 heterocycles. The number of nitrogens with one attached hydrogen (secondary N) is 2. The van der Waals surface area contributed by atoms with Crippen LogP contribution >= 0.6 is 11.6 Å². The van der Waals surface area contributed by atoms with E-state index in [1.807, 2.05) is 6.92 Å². The molecule has 2 N–H and O–H groups in total. The first-order valence-corrected chi connectivity index (χ1v) is 7.82. The standard InChI is InChI=1S/C18H14ClFN4O/c1-11-12(19)5-4-8-14(11)24-18(25)16-9-17(22-10-21-16)23-15-7-3-2-6-13(15)20/h2-10H,1H3,(H,24,25)(H,21,22,23). The van der Waals surface area contributed by atoms with Crippen LogP contribution in [0.15, 0.2) is 54.9 Å². The third kappa shape index (κ3) is 3.92.